The fraction of sp³-hybridized carbons (Fsp3) is 0.400. The average molecular weight is 241 g/mol. The number of nitrogens with one attached hydrogen (secondary N) is 3. The Hall–Kier alpha value is -2.02. The lowest BCUT2D eigenvalue weighted by atomic mass is 10.3. The molecule has 0 aliphatic carbocycles. The van der Waals surface area contributed by atoms with Crippen LogP contribution in [0.5, 0.6) is 0 Å². The molecule has 0 aliphatic rings. The van der Waals surface area contributed by atoms with E-state index in [0.29, 0.717) is 18.8 Å². The number of carbonyl (C=O) groups excluding carboxylic acids is 1. The molecule has 1 rings (SSSR count). The first-order valence-electron chi connectivity index (χ1n) is 5.01. The Kier molecular flexibility index (Phi) is 4.53. The van der Waals surface area contributed by atoms with Crippen molar-refractivity contribution in [2.45, 2.75) is 6.92 Å². The summed E-state index contributed by atoms with van der Waals surface area (Å²) in [6, 6.07) is 1.09. The van der Waals surface area contributed by atoms with Crippen LogP contribution in [0.3, 0.4) is 0 Å². The van der Waals surface area contributed by atoms with E-state index in [-0.39, 0.29) is 11.4 Å². The second kappa shape index (κ2) is 5.90. The van der Waals surface area contributed by atoms with Gasteiger partial charge in [0.2, 0.25) is 0 Å². The van der Waals surface area contributed by atoms with Crippen LogP contribution < -0.4 is 10.6 Å². The molecule has 1 heterocycles. The molecule has 0 radical (unpaired) electrons. The first kappa shape index (κ1) is 13.0. The highest BCUT2D eigenvalue weighted by Crippen LogP contribution is 2.16. The molecular formula is C10H15N3O4. The number of H-pyrrole nitrogens is 1. The van der Waals surface area contributed by atoms with Crippen LogP contribution in [0.15, 0.2) is 6.07 Å². The third-order valence-electron chi connectivity index (χ3n) is 2.01. The summed E-state index contributed by atoms with van der Waals surface area (Å²) in [6.07, 6.45) is 0. The third-order valence-corrected chi connectivity index (χ3v) is 2.01. The summed E-state index contributed by atoms with van der Waals surface area (Å²) in [5, 5.41) is 13.9. The Labute approximate surface area is 98.2 Å². The number of hydrogen-bond donors (Lipinski definition) is 4. The van der Waals surface area contributed by atoms with Crippen molar-refractivity contribution in [2.75, 3.05) is 25.6 Å². The number of amides is 2. The highest BCUT2D eigenvalue weighted by molar-refractivity contribution is 5.99. The zero-order chi connectivity index (χ0) is 12.8. The Balaban J connectivity index is 2.61. The molecule has 0 unspecified atom stereocenters. The maximum absolute atomic E-state index is 11.4. The number of aromatic carboxylic acids is 1. The first-order chi connectivity index (χ1) is 8.04. The van der Waals surface area contributed by atoms with Gasteiger partial charge in [0.25, 0.3) is 0 Å². The van der Waals surface area contributed by atoms with E-state index >= 15 is 0 Å². The molecule has 7 heteroatoms. The van der Waals surface area contributed by atoms with Crippen molar-refractivity contribution in [2.24, 2.45) is 0 Å². The summed E-state index contributed by atoms with van der Waals surface area (Å²) in [7, 11) is 1.53. The van der Waals surface area contributed by atoms with Crippen LogP contribution in [0.4, 0.5) is 10.5 Å². The van der Waals surface area contributed by atoms with Crippen LogP contribution >= 0.6 is 0 Å². The van der Waals surface area contributed by atoms with Gasteiger partial charge in [0, 0.05) is 19.3 Å². The molecule has 1 aromatic heterocycles. The van der Waals surface area contributed by atoms with E-state index in [4.69, 9.17) is 9.84 Å². The summed E-state index contributed by atoms with van der Waals surface area (Å²) < 4.78 is 4.77. The molecule has 2 amide bonds. The largest absolute Gasteiger partial charge is 0.477 e. The summed E-state index contributed by atoms with van der Waals surface area (Å²) in [6.45, 7) is 2.46. The Morgan fingerprint density at radius 3 is 2.82 bits per heavy atom. The number of carboxylic acid groups (broad SMARTS) is 1. The standard InChI is InChI=1S/C10H15N3O4/c1-6-5-7(8(12-6)9(14)15)13-10(16)11-3-4-17-2/h5,12H,3-4H2,1-2H3,(H,14,15)(H2,11,13,16). The number of methoxy groups -OCH3 is 1. The predicted octanol–water partition coefficient (Wildman–Crippen LogP) is 0.789. The van der Waals surface area contributed by atoms with E-state index in [1.165, 1.54) is 7.11 Å². The number of aryl methyl sites for hydroxylation is 1. The van der Waals surface area contributed by atoms with Crippen LogP contribution in [-0.2, 0) is 4.74 Å². The average Bonchev–Trinajstić information content (AvgIpc) is 2.60. The van der Waals surface area contributed by atoms with E-state index in [0.717, 1.165) is 0 Å². The quantitative estimate of drug-likeness (QED) is 0.572. The van der Waals surface area contributed by atoms with Crippen molar-refractivity contribution in [3.63, 3.8) is 0 Å². The second-order valence-corrected chi connectivity index (χ2v) is 3.42. The molecule has 0 aliphatic heterocycles. The molecule has 0 saturated heterocycles. The van der Waals surface area contributed by atoms with Gasteiger partial charge in [0.1, 0.15) is 5.69 Å². The Bertz CT molecular complexity index is 414. The highest BCUT2D eigenvalue weighted by Gasteiger charge is 2.14. The molecule has 0 fully saturated rings. The van der Waals surface area contributed by atoms with Crippen molar-refractivity contribution in [3.8, 4) is 0 Å². The molecule has 0 aromatic carbocycles. The molecular weight excluding hydrogens is 226 g/mol. The van der Waals surface area contributed by atoms with E-state index in [9.17, 15) is 9.59 Å². The second-order valence-electron chi connectivity index (χ2n) is 3.42. The molecule has 0 spiro atoms. The van der Waals surface area contributed by atoms with Crippen LogP contribution in [-0.4, -0.2) is 42.4 Å². The van der Waals surface area contributed by atoms with Gasteiger partial charge in [-0.3, -0.25) is 0 Å². The molecule has 0 bridgehead atoms. The maximum Gasteiger partial charge on any atom is 0.354 e. The minimum atomic E-state index is -1.12. The summed E-state index contributed by atoms with van der Waals surface area (Å²) >= 11 is 0. The fourth-order valence-corrected chi connectivity index (χ4v) is 1.29. The van der Waals surface area contributed by atoms with Gasteiger partial charge in [-0.05, 0) is 13.0 Å². The summed E-state index contributed by atoms with van der Waals surface area (Å²) in [4.78, 5) is 24.9. The van der Waals surface area contributed by atoms with Gasteiger partial charge >= 0.3 is 12.0 Å². The first-order valence-corrected chi connectivity index (χ1v) is 5.01. The van der Waals surface area contributed by atoms with Crippen LogP contribution in [0, 0.1) is 6.92 Å². The van der Waals surface area contributed by atoms with Gasteiger partial charge in [-0.15, -0.1) is 0 Å². The number of anilines is 1. The molecule has 1 aromatic rings. The van der Waals surface area contributed by atoms with Crippen molar-refractivity contribution in [1.29, 1.82) is 0 Å². The van der Waals surface area contributed by atoms with Crippen LogP contribution in [0.2, 0.25) is 0 Å². The third kappa shape index (κ3) is 3.80. The smallest absolute Gasteiger partial charge is 0.354 e. The molecule has 7 nitrogen and oxygen atoms in total. The minimum absolute atomic E-state index is 0.0376. The SMILES string of the molecule is COCCNC(=O)Nc1cc(C)[nH]c1C(=O)O. The van der Waals surface area contributed by atoms with E-state index in [2.05, 4.69) is 15.6 Å². The molecule has 0 saturated carbocycles. The van der Waals surface area contributed by atoms with Gasteiger partial charge in [-0.2, -0.15) is 0 Å². The number of aromatic nitrogens is 1. The number of urea groups is 1. The van der Waals surface area contributed by atoms with Crippen LogP contribution in [0.1, 0.15) is 16.2 Å². The lowest BCUT2D eigenvalue weighted by Crippen LogP contribution is -2.31. The van der Waals surface area contributed by atoms with E-state index in [1.54, 1.807) is 13.0 Å². The molecule has 94 valence electrons. The Morgan fingerprint density at radius 2 is 2.24 bits per heavy atom. The van der Waals surface area contributed by atoms with Crippen LogP contribution in [0.25, 0.3) is 0 Å². The number of aromatic amines is 1. The summed E-state index contributed by atoms with van der Waals surface area (Å²) in [5.41, 5.74) is 0.865. The fourth-order valence-electron chi connectivity index (χ4n) is 1.29. The van der Waals surface area contributed by atoms with Gasteiger partial charge in [0.05, 0.1) is 12.3 Å². The molecule has 17 heavy (non-hydrogen) atoms. The van der Waals surface area contributed by atoms with Gasteiger partial charge < -0.3 is 25.5 Å². The van der Waals surface area contributed by atoms with Crippen molar-refractivity contribution in [3.05, 3.63) is 17.5 Å². The van der Waals surface area contributed by atoms with Gasteiger partial charge in [0.15, 0.2) is 0 Å². The lowest BCUT2D eigenvalue weighted by Gasteiger charge is -2.06. The normalized spacial score (nSPS) is 10.0. The molecule has 0 atom stereocenters. The topological polar surface area (TPSA) is 103 Å². The summed E-state index contributed by atoms with van der Waals surface area (Å²) in [5.74, 6) is -1.12. The zero-order valence-electron chi connectivity index (χ0n) is 9.66. The maximum atomic E-state index is 11.4. The molecule has 4 N–H and O–H groups in total. The number of carbonyl (C=O) groups is 2. The van der Waals surface area contributed by atoms with E-state index in [1.807, 2.05) is 0 Å². The number of ether oxygens (including phenoxy) is 1. The van der Waals surface area contributed by atoms with Crippen molar-refractivity contribution in [1.82, 2.24) is 10.3 Å². The monoisotopic (exact) mass is 241 g/mol. The van der Waals surface area contributed by atoms with Gasteiger partial charge in [-0.1, -0.05) is 0 Å². The van der Waals surface area contributed by atoms with Crippen molar-refractivity contribution >= 4 is 17.7 Å². The van der Waals surface area contributed by atoms with Gasteiger partial charge in [-0.25, -0.2) is 9.59 Å². The number of rotatable bonds is 5. The number of hydrogen-bond acceptors (Lipinski definition) is 3. The highest BCUT2D eigenvalue weighted by atomic mass is 16.5. The Morgan fingerprint density at radius 1 is 1.53 bits per heavy atom. The minimum Gasteiger partial charge on any atom is -0.477 e. The lowest BCUT2D eigenvalue weighted by molar-refractivity contribution is 0.0692. The van der Waals surface area contributed by atoms with E-state index < -0.39 is 12.0 Å². The zero-order valence-corrected chi connectivity index (χ0v) is 9.66. The predicted molar refractivity (Wildman–Crippen MR) is 61.4 cm³/mol. The number of carboxylic acids is 1. The van der Waals surface area contributed by atoms with Crippen molar-refractivity contribution < 1.29 is 19.4 Å².